The van der Waals surface area contributed by atoms with E-state index >= 15 is 0 Å². The van der Waals surface area contributed by atoms with Crippen LogP contribution in [0.2, 0.25) is 0 Å². The van der Waals surface area contributed by atoms with E-state index in [1.54, 1.807) is 0 Å². The third kappa shape index (κ3) is 5.13. The molecule has 0 aromatic heterocycles. The van der Waals surface area contributed by atoms with Gasteiger partial charge in [-0.2, -0.15) is 17.4 Å². The maximum absolute atomic E-state index is 12.6. The van der Waals surface area contributed by atoms with Gasteiger partial charge in [0.2, 0.25) is 0 Å². The molecule has 0 amide bonds. The topological polar surface area (TPSA) is 99.2 Å². The highest BCUT2D eigenvalue weighted by atomic mass is 32.2. The quantitative estimate of drug-likeness (QED) is 0.631. The molecule has 3 aliphatic rings. The number of nitrogens with one attached hydrogen (secondary N) is 1. The predicted molar refractivity (Wildman–Crippen MR) is 92.4 cm³/mol. The van der Waals surface area contributed by atoms with Gasteiger partial charge in [-0.05, 0) is 45.4 Å². The fraction of sp³-hybridized carbons (Fsp3) is 0.938. The molecule has 0 spiro atoms. The highest BCUT2D eigenvalue weighted by molar-refractivity contribution is 7.87. The summed E-state index contributed by atoms with van der Waals surface area (Å²) in [4.78, 5) is 13.1. The molecular formula is C16H29N3O5S. The van der Waals surface area contributed by atoms with Crippen molar-refractivity contribution in [3.63, 3.8) is 0 Å². The Morgan fingerprint density at radius 1 is 1.36 bits per heavy atom. The number of aliphatic carboxylic acids is 1. The van der Waals surface area contributed by atoms with Crippen molar-refractivity contribution in [2.75, 3.05) is 32.8 Å². The molecule has 1 saturated heterocycles. The van der Waals surface area contributed by atoms with Crippen molar-refractivity contribution < 1.29 is 23.1 Å². The third-order valence-electron chi connectivity index (χ3n) is 5.20. The molecule has 8 nitrogen and oxygen atoms in total. The van der Waals surface area contributed by atoms with Crippen LogP contribution in [0.4, 0.5) is 0 Å². The Bertz CT molecular complexity index is 599. The summed E-state index contributed by atoms with van der Waals surface area (Å²) in [6, 6.07) is 0.0435. The largest absolute Gasteiger partial charge is 0.480 e. The standard InChI is InChI=1S/C16H29N3O5S/c1-16(2)11-19(5-6-24-16)25(22,23)17-13-7-14(8-13)18(10-15(20)21)9-12-3-4-12/h12-14,17H,3-11H2,1-2H3,(H,20,21). The smallest absolute Gasteiger partial charge is 0.317 e. The normalized spacial score (nSPS) is 30.2. The molecule has 0 aromatic carbocycles. The van der Waals surface area contributed by atoms with E-state index in [9.17, 15) is 13.2 Å². The highest BCUT2D eigenvalue weighted by Crippen LogP contribution is 2.34. The second-order valence-corrected chi connectivity index (χ2v) is 9.86. The minimum absolute atomic E-state index is 0.0400. The van der Waals surface area contributed by atoms with Crippen LogP contribution in [0.25, 0.3) is 0 Å². The van der Waals surface area contributed by atoms with E-state index < -0.39 is 21.8 Å². The predicted octanol–water partition coefficient (Wildman–Crippen LogP) is 0.259. The molecule has 9 heteroatoms. The summed E-state index contributed by atoms with van der Waals surface area (Å²) in [6.07, 6.45) is 3.69. The van der Waals surface area contributed by atoms with E-state index in [4.69, 9.17) is 9.84 Å². The average molecular weight is 375 g/mol. The van der Waals surface area contributed by atoms with Gasteiger partial charge in [0.25, 0.3) is 10.2 Å². The first-order valence-corrected chi connectivity index (χ1v) is 10.5. The van der Waals surface area contributed by atoms with Crippen LogP contribution in [0.5, 0.6) is 0 Å². The lowest BCUT2D eigenvalue weighted by Crippen LogP contribution is -2.59. The van der Waals surface area contributed by atoms with Crippen molar-refractivity contribution in [2.45, 2.75) is 57.2 Å². The van der Waals surface area contributed by atoms with Crippen LogP contribution in [0.15, 0.2) is 0 Å². The van der Waals surface area contributed by atoms with Crippen LogP contribution in [0.1, 0.15) is 39.5 Å². The molecule has 25 heavy (non-hydrogen) atoms. The Morgan fingerprint density at radius 2 is 2.04 bits per heavy atom. The Labute approximate surface area is 149 Å². The number of rotatable bonds is 8. The van der Waals surface area contributed by atoms with Crippen molar-refractivity contribution in [2.24, 2.45) is 5.92 Å². The van der Waals surface area contributed by atoms with E-state index in [1.807, 2.05) is 18.7 Å². The number of morpholine rings is 1. The number of carbonyl (C=O) groups is 1. The lowest BCUT2D eigenvalue weighted by molar-refractivity contribution is -0.139. The maximum atomic E-state index is 12.6. The van der Waals surface area contributed by atoms with Gasteiger partial charge in [0.15, 0.2) is 0 Å². The second-order valence-electron chi connectivity index (χ2n) is 8.15. The van der Waals surface area contributed by atoms with Crippen LogP contribution in [-0.4, -0.2) is 79.2 Å². The Kier molecular flexibility index (Phi) is 5.41. The molecule has 2 aliphatic carbocycles. The molecule has 3 fully saturated rings. The molecule has 2 saturated carbocycles. The van der Waals surface area contributed by atoms with Gasteiger partial charge in [0.05, 0.1) is 18.8 Å². The minimum Gasteiger partial charge on any atom is -0.480 e. The number of ether oxygens (including phenoxy) is 1. The van der Waals surface area contributed by atoms with E-state index in [0.717, 1.165) is 6.54 Å². The van der Waals surface area contributed by atoms with E-state index in [1.165, 1.54) is 17.1 Å². The van der Waals surface area contributed by atoms with Gasteiger partial charge in [-0.3, -0.25) is 9.69 Å². The van der Waals surface area contributed by atoms with Gasteiger partial charge in [-0.15, -0.1) is 0 Å². The summed E-state index contributed by atoms with van der Waals surface area (Å²) in [6.45, 7) is 5.72. The fourth-order valence-electron chi connectivity index (χ4n) is 3.59. The average Bonchev–Trinajstić information content (AvgIpc) is 3.24. The SMILES string of the molecule is CC1(C)CN(S(=O)(=O)NC2CC(N(CC(=O)O)CC3CC3)C2)CCO1. The zero-order chi connectivity index (χ0) is 18.2. The van der Waals surface area contributed by atoms with Crippen molar-refractivity contribution in [1.29, 1.82) is 0 Å². The molecule has 0 atom stereocenters. The Hall–Kier alpha value is -0.740. The van der Waals surface area contributed by atoms with Crippen LogP contribution in [0.3, 0.4) is 0 Å². The first kappa shape index (κ1) is 19.0. The van der Waals surface area contributed by atoms with Crippen molar-refractivity contribution in [1.82, 2.24) is 13.9 Å². The second kappa shape index (κ2) is 7.11. The fourth-order valence-corrected chi connectivity index (χ4v) is 5.15. The van der Waals surface area contributed by atoms with E-state index in [0.29, 0.717) is 38.5 Å². The summed E-state index contributed by atoms with van der Waals surface area (Å²) in [5.74, 6) is -0.203. The molecular weight excluding hydrogens is 346 g/mol. The molecule has 0 bridgehead atoms. The minimum atomic E-state index is -3.53. The molecule has 1 aliphatic heterocycles. The van der Waals surface area contributed by atoms with Crippen LogP contribution in [-0.2, 0) is 19.7 Å². The van der Waals surface area contributed by atoms with Gasteiger partial charge in [0, 0.05) is 31.7 Å². The lowest BCUT2D eigenvalue weighted by Gasteiger charge is -2.44. The zero-order valence-electron chi connectivity index (χ0n) is 15.0. The van der Waals surface area contributed by atoms with E-state index in [2.05, 4.69) is 4.72 Å². The van der Waals surface area contributed by atoms with Gasteiger partial charge >= 0.3 is 5.97 Å². The summed E-state index contributed by atoms with van der Waals surface area (Å²) in [5, 5.41) is 9.09. The summed E-state index contributed by atoms with van der Waals surface area (Å²) in [5.41, 5.74) is -0.475. The molecule has 0 unspecified atom stereocenters. The first-order valence-electron chi connectivity index (χ1n) is 9.02. The van der Waals surface area contributed by atoms with Gasteiger partial charge in [-0.1, -0.05) is 0 Å². The van der Waals surface area contributed by atoms with Crippen molar-refractivity contribution in [3.05, 3.63) is 0 Å². The number of hydrogen-bond acceptors (Lipinski definition) is 5. The summed E-state index contributed by atoms with van der Waals surface area (Å²) in [7, 11) is -3.53. The number of carboxylic acids is 1. The molecule has 0 radical (unpaired) electrons. The monoisotopic (exact) mass is 375 g/mol. The van der Waals surface area contributed by atoms with Crippen LogP contribution < -0.4 is 4.72 Å². The van der Waals surface area contributed by atoms with Crippen LogP contribution >= 0.6 is 0 Å². The number of carboxylic acid groups (broad SMARTS) is 1. The summed E-state index contributed by atoms with van der Waals surface area (Å²) < 4.78 is 34.9. The molecule has 3 rings (SSSR count). The zero-order valence-corrected chi connectivity index (χ0v) is 15.8. The molecule has 144 valence electrons. The van der Waals surface area contributed by atoms with E-state index in [-0.39, 0.29) is 18.6 Å². The molecule has 0 aromatic rings. The molecule has 2 N–H and O–H groups in total. The first-order chi connectivity index (χ1) is 11.6. The third-order valence-corrected chi connectivity index (χ3v) is 6.83. The number of nitrogens with zero attached hydrogens (tertiary/aromatic N) is 2. The maximum Gasteiger partial charge on any atom is 0.317 e. The Morgan fingerprint density at radius 3 is 2.60 bits per heavy atom. The Balaban J connectivity index is 1.50. The van der Waals surface area contributed by atoms with Gasteiger partial charge < -0.3 is 9.84 Å². The number of hydrogen-bond donors (Lipinski definition) is 2. The lowest BCUT2D eigenvalue weighted by atomic mass is 9.86. The summed E-state index contributed by atoms with van der Waals surface area (Å²) >= 11 is 0. The highest BCUT2D eigenvalue weighted by Gasteiger charge is 2.41. The molecule has 1 heterocycles. The van der Waals surface area contributed by atoms with Crippen molar-refractivity contribution in [3.8, 4) is 0 Å². The van der Waals surface area contributed by atoms with Crippen molar-refractivity contribution >= 4 is 16.2 Å². The van der Waals surface area contributed by atoms with Crippen LogP contribution in [0, 0.1) is 5.92 Å². The van der Waals surface area contributed by atoms with Gasteiger partial charge in [-0.25, -0.2) is 0 Å². The van der Waals surface area contributed by atoms with Gasteiger partial charge in [0.1, 0.15) is 0 Å².